The number of para-hydroxylation sites is 2. The zero-order valence-corrected chi connectivity index (χ0v) is 17.3. The average Bonchev–Trinajstić information content (AvgIpc) is 3.28. The van der Waals surface area contributed by atoms with Gasteiger partial charge in [-0.05, 0) is 41.0 Å². The summed E-state index contributed by atoms with van der Waals surface area (Å²) < 4.78 is 9.79. The van der Waals surface area contributed by atoms with E-state index in [2.05, 4.69) is 84.2 Å². The van der Waals surface area contributed by atoms with Gasteiger partial charge >= 0.3 is 0 Å². The van der Waals surface area contributed by atoms with Gasteiger partial charge in [-0.15, -0.1) is 0 Å². The van der Waals surface area contributed by atoms with Crippen LogP contribution in [0, 0.1) is 0 Å². The first-order valence-corrected chi connectivity index (χ1v) is 10.0. The Hall–Kier alpha value is -3.66. The Morgan fingerprint density at radius 3 is 1.83 bits per heavy atom. The molecule has 0 fully saturated rings. The van der Waals surface area contributed by atoms with Gasteiger partial charge in [-0.1, -0.05) is 42.5 Å². The smallest absolute Gasteiger partial charge is 0.160 e. The fraction of sp³-hybridized carbons (Fsp3) is 0.154. The number of phenols is 1. The monoisotopic (exact) mass is 396 g/mol. The number of rotatable bonds is 4. The van der Waals surface area contributed by atoms with E-state index in [4.69, 9.17) is 4.74 Å². The third-order valence-electron chi connectivity index (χ3n) is 6.01. The van der Waals surface area contributed by atoms with Crippen LogP contribution in [-0.2, 0) is 14.1 Å². The molecule has 0 unspecified atom stereocenters. The molecular weight excluding hydrogens is 372 g/mol. The molecule has 0 amide bonds. The molecule has 1 N–H and O–H groups in total. The van der Waals surface area contributed by atoms with Crippen LogP contribution in [0.25, 0.3) is 21.8 Å². The van der Waals surface area contributed by atoms with Gasteiger partial charge in [-0.3, -0.25) is 0 Å². The summed E-state index contributed by atoms with van der Waals surface area (Å²) in [4.78, 5) is 0. The summed E-state index contributed by atoms with van der Waals surface area (Å²) in [5, 5.41) is 12.6. The minimum atomic E-state index is -0.00306. The number of hydrogen-bond donors (Lipinski definition) is 1. The number of fused-ring (bicyclic) bond motifs is 2. The maximum atomic E-state index is 10.2. The van der Waals surface area contributed by atoms with Crippen LogP contribution in [0.1, 0.15) is 22.6 Å². The Morgan fingerprint density at radius 1 is 0.767 bits per heavy atom. The summed E-state index contributed by atoms with van der Waals surface area (Å²) >= 11 is 0. The van der Waals surface area contributed by atoms with Crippen molar-refractivity contribution in [2.24, 2.45) is 14.1 Å². The summed E-state index contributed by atoms with van der Waals surface area (Å²) in [5.74, 6) is 0.630. The normalized spacial score (nSPS) is 11.6. The summed E-state index contributed by atoms with van der Waals surface area (Å²) in [7, 11) is 5.76. The fourth-order valence-electron chi connectivity index (χ4n) is 4.61. The quantitative estimate of drug-likeness (QED) is 0.432. The topological polar surface area (TPSA) is 39.3 Å². The zero-order valence-electron chi connectivity index (χ0n) is 17.3. The summed E-state index contributed by atoms with van der Waals surface area (Å²) in [6.07, 6.45) is 4.44. The molecule has 0 aliphatic carbocycles. The van der Waals surface area contributed by atoms with Crippen molar-refractivity contribution in [2.45, 2.75) is 5.92 Å². The SMILES string of the molecule is COc1cc(C(c2cn(C)c3ccccc23)c2cn(C)c3ccccc23)ccc1O. The van der Waals surface area contributed by atoms with E-state index < -0.39 is 0 Å². The first-order chi connectivity index (χ1) is 14.6. The van der Waals surface area contributed by atoms with Gasteiger partial charge in [0.05, 0.1) is 7.11 Å². The molecule has 4 heteroatoms. The molecule has 0 aliphatic heterocycles. The maximum Gasteiger partial charge on any atom is 0.160 e. The van der Waals surface area contributed by atoms with Crippen LogP contribution in [0.5, 0.6) is 11.5 Å². The highest BCUT2D eigenvalue weighted by atomic mass is 16.5. The molecule has 2 aromatic heterocycles. The highest BCUT2D eigenvalue weighted by Crippen LogP contribution is 2.42. The van der Waals surface area contributed by atoms with Crippen molar-refractivity contribution in [1.29, 1.82) is 0 Å². The van der Waals surface area contributed by atoms with Crippen LogP contribution in [0.15, 0.2) is 79.1 Å². The number of ether oxygens (including phenoxy) is 1. The van der Waals surface area contributed by atoms with Crippen LogP contribution in [-0.4, -0.2) is 21.4 Å². The molecule has 0 saturated carbocycles. The number of aryl methyl sites for hydroxylation is 2. The number of methoxy groups -OCH3 is 1. The highest BCUT2D eigenvalue weighted by molar-refractivity contribution is 5.89. The number of nitrogens with zero attached hydrogens (tertiary/aromatic N) is 2. The van der Waals surface area contributed by atoms with Gasteiger partial charge in [0.2, 0.25) is 0 Å². The Bertz CT molecular complexity index is 1300. The molecule has 150 valence electrons. The van der Waals surface area contributed by atoms with E-state index in [0.29, 0.717) is 5.75 Å². The predicted molar refractivity (Wildman–Crippen MR) is 121 cm³/mol. The van der Waals surface area contributed by atoms with Crippen LogP contribution in [0.4, 0.5) is 0 Å². The van der Waals surface area contributed by atoms with Gasteiger partial charge in [-0.2, -0.15) is 0 Å². The fourth-order valence-corrected chi connectivity index (χ4v) is 4.61. The summed E-state index contributed by atoms with van der Waals surface area (Å²) in [6.45, 7) is 0. The molecule has 0 atom stereocenters. The van der Waals surface area contributed by atoms with Crippen molar-refractivity contribution >= 4 is 21.8 Å². The zero-order chi connectivity index (χ0) is 20.8. The van der Waals surface area contributed by atoms with E-state index in [1.807, 2.05) is 12.1 Å². The second-order valence-electron chi connectivity index (χ2n) is 7.79. The van der Waals surface area contributed by atoms with Crippen molar-refractivity contribution in [3.05, 3.63) is 95.8 Å². The molecule has 0 radical (unpaired) electrons. The first-order valence-electron chi connectivity index (χ1n) is 10.0. The number of benzene rings is 3. The Morgan fingerprint density at radius 2 is 1.30 bits per heavy atom. The minimum Gasteiger partial charge on any atom is -0.504 e. The van der Waals surface area contributed by atoms with E-state index >= 15 is 0 Å². The van der Waals surface area contributed by atoms with Gasteiger partial charge in [0.1, 0.15) is 0 Å². The van der Waals surface area contributed by atoms with E-state index in [1.54, 1.807) is 13.2 Å². The Balaban J connectivity index is 1.84. The van der Waals surface area contributed by atoms with Crippen molar-refractivity contribution in [1.82, 2.24) is 9.13 Å². The molecule has 3 aromatic carbocycles. The summed E-state index contributed by atoms with van der Waals surface area (Å²) in [6, 6.07) is 22.6. The molecule has 0 bridgehead atoms. The van der Waals surface area contributed by atoms with Gasteiger partial charge in [-0.25, -0.2) is 0 Å². The van der Waals surface area contributed by atoms with Crippen LogP contribution in [0.2, 0.25) is 0 Å². The third-order valence-corrected chi connectivity index (χ3v) is 6.01. The van der Waals surface area contributed by atoms with Gasteiger partial charge in [0.15, 0.2) is 11.5 Å². The van der Waals surface area contributed by atoms with Gasteiger partial charge in [0.25, 0.3) is 0 Å². The van der Waals surface area contributed by atoms with E-state index in [-0.39, 0.29) is 11.7 Å². The number of hydrogen-bond acceptors (Lipinski definition) is 2. The lowest BCUT2D eigenvalue weighted by Gasteiger charge is -2.18. The second kappa shape index (κ2) is 6.99. The summed E-state index contributed by atoms with van der Waals surface area (Å²) in [5.41, 5.74) is 5.94. The largest absolute Gasteiger partial charge is 0.504 e. The second-order valence-corrected chi connectivity index (χ2v) is 7.79. The lowest BCUT2D eigenvalue weighted by Crippen LogP contribution is -2.03. The predicted octanol–water partition coefficient (Wildman–Crippen LogP) is 5.56. The lowest BCUT2D eigenvalue weighted by atomic mass is 9.84. The van der Waals surface area contributed by atoms with E-state index in [9.17, 15) is 5.11 Å². The molecule has 5 rings (SSSR count). The minimum absolute atomic E-state index is 0.00306. The van der Waals surface area contributed by atoms with Crippen molar-refractivity contribution < 1.29 is 9.84 Å². The maximum absolute atomic E-state index is 10.2. The number of aromatic nitrogens is 2. The first kappa shape index (κ1) is 18.4. The van der Waals surface area contributed by atoms with Gasteiger partial charge in [0, 0.05) is 54.2 Å². The lowest BCUT2D eigenvalue weighted by molar-refractivity contribution is 0.373. The van der Waals surface area contributed by atoms with Crippen LogP contribution < -0.4 is 4.74 Å². The molecule has 0 spiro atoms. The molecule has 5 aromatic rings. The van der Waals surface area contributed by atoms with Crippen molar-refractivity contribution in [2.75, 3.05) is 7.11 Å². The molecule has 30 heavy (non-hydrogen) atoms. The third kappa shape index (κ3) is 2.76. The van der Waals surface area contributed by atoms with Crippen molar-refractivity contribution in [3.63, 3.8) is 0 Å². The standard InChI is InChI=1S/C26H24N2O2/c1-27-15-20(18-8-4-6-10-22(18)27)26(17-12-13-24(29)25(14-17)30-3)21-16-28(2)23-11-7-5-9-19(21)23/h4-16,26,29H,1-3H3. The van der Waals surface area contributed by atoms with E-state index in [1.165, 1.54) is 32.9 Å². The van der Waals surface area contributed by atoms with Crippen LogP contribution in [0.3, 0.4) is 0 Å². The molecular formula is C26H24N2O2. The molecule has 2 heterocycles. The average molecular weight is 396 g/mol. The molecule has 0 saturated heterocycles. The molecule has 0 aliphatic rings. The molecule has 4 nitrogen and oxygen atoms in total. The number of phenolic OH excluding ortho intramolecular Hbond substituents is 1. The number of aromatic hydroxyl groups is 1. The van der Waals surface area contributed by atoms with Gasteiger partial charge < -0.3 is 19.0 Å². The highest BCUT2D eigenvalue weighted by Gasteiger charge is 2.25. The Labute approximate surface area is 175 Å². The van der Waals surface area contributed by atoms with Crippen LogP contribution >= 0.6 is 0 Å². The van der Waals surface area contributed by atoms with E-state index in [0.717, 1.165) is 5.56 Å². The Kier molecular flexibility index (Phi) is 4.28. The van der Waals surface area contributed by atoms with Crippen molar-refractivity contribution in [3.8, 4) is 11.5 Å².